The fraction of sp³-hybridized carbons (Fsp3) is 1.00. The average molecular weight is 259 g/mol. The van der Waals surface area contributed by atoms with Crippen LogP contribution in [0.25, 0.3) is 0 Å². The highest BCUT2D eigenvalue weighted by atomic mass is 32.2. The van der Waals surface area contributed by atoms with Crippen molar-refractivity contribution in [3.8, 4) is 0 Å². The van der Waals surface area contributed by atoms with E-state index in [9.17, 15) is 8.42 Å². The molecular formula is C13H25NO2S. The molecule has 17 heavy (non-hydrogen) atoms. The Morgan fingerprint density at radius 2 is 1.94 bits per heavy atom. The molecule has 0 aromatic rings. The SMILES string of the molecule is CC(C)(C)CCC1(C2CCS(=O)(=O)C2)CNC1. The van der Waals surface area contributed by atoms with Crippen LogP contribution in [-0.2, 0) is 9.84 Å². The topological polar surface area (TPSA) is 46.2 Å². The molecule has 2 fully saturated rings. The maximum absolute atomic E-state index is 11.6. The van der Waals surface area contributed by atoms with Crippen LogP contribution in [0.5, 0.6) is 0 Å². The summed E-state index contributed by atoms with van der Waals surface area (Å²) in [5.74, 6) is 1.24. The molecule has 2 rings (SSSR count). The third kappa shape index (κ3) is 3.02. The fourth-order valence-corrected chi connectivity index (χ4v) is 4.96. The number of hydrogen-bond donors (Lipinski definition) is 1. The van der Waals surface area contributed by atoms with Crippen molar-refractivity contribution in [1.82, 2.24) is 5.32 Å². The maximum Gasteiger partial charge on any atom is 0.150 e. The number of hydrogen-bond acceptors (Lipinski definition) is 3. The number of sulfone groups is 1. The molecule has 0 bridgehead atoms. The second-order valence-corrected chi connectivity index (χ2v) is 9.36. The van der Waals surface area contributed by atoms with E-state index in [2.05, 4.69) is 26.1 Å². The predicted octanol–water partition coefficient (Wildman–Crippen LogP) is 1.84. The van der Waals surface area contributed by atoms with Gasteiger partial charge in [0.1, 0.15) is 0 Å². The van der Waals surface area contributed by atoms with Gasteiger partial charge in [-0.2, -0.15) is 0 Å². The highest BCUT2D eigenvalue weighted by molar-refractivity contribution is 7.91. The lowest BCUT2D eigenvalue weighted by molar-refractivity contribution is 0.0654. The summed E-state index contributed by atoms with van der Waals surface area (Å²) >= 11 is 0. The molecule has 2 aliphatic rings. The lowest BCUT2D eigenvalue weighted by atomic mass is 9.65. The third-order valence-electron chi connectivity index (χ3n) is 4.43. The van der Waals surface area contributed by atoms with Crippen LogP contribution >= 0.6 is 0 Å². The van der Waals surface area contributed by atoms with E-state index in [1.54, 1.807) is 0 Å². The minimum atomic E-state index is -2.74. The second-order valence-electron chi connectivity index (χ2n) is 7.13. The lowest BCUT2D eigenvalue weighted by Crippen LogP contribution is -2.58. The van der Waals surface area contributed by atoms with Gasteiger partial charge in [-0.3, -0.25) is 0 Å². The van der Waals surface area contributed by atoms with Crippen molar-refractivity contribution in [3.63, 3.8) is 0 Å². The summed E-state index contributed by atoms with van der Waals surface area (Å²) in [6, 6.07) is 0. The van der Waals surface area contributed by atoms with Gasteiger partial charge < -0.3 is 5.32 Å². The summed E-state index contributed by atoms with van der Waals surface area (Å²) in [5.41, 5.74) is 0.622. The van der Waals surface area contributed by atoms with Crippen molar-refractivity contribution in [2.45, 2.75) is 40.0 Å². The van der Waals surface area contributed by atoms with Crippen molar-refractivity contribution in [3.05, 3.63) is 0 Å². The Bertz CT molecular complexity index is 377. The van der Waals surface area contributed by atoms with Crippen molar-refractivity contribution in [2.75, 3.05) is 24.6 Å². The second kappa shape index (κ2) is 4.23. The summed E-state index contributed by atoms with van der Waals surface area (Å²) in [7, 11) is -2.74. The van der Waals surface area contributed by atoms with E-state index in [-0.39, 0.29) is 5.41 Å². The molecule has 2 heterocycles. The van der Waals surface area contributed by atoms with Gasteiger partial charge in [0.15, 0.2) is 9.84 Å². The molecule has 3 nitrogen and oxygen atoms in total. The van der Waals surface area contributed by atoms with Crippen LogP contribution in [0.1, 0.15) is 40.0 Å². The summed E-state index contributed by atoms with van der Waals surface area (Å²) in [4.78, 5) is 0. The first kappa shape index (κ1) is 13.3. The quantitative estimate of drug-likeness (QED) is 0.841. The number of nitrogens with one attached hydrogen (secondary N) is 1. The van der Waals surface area contributed by atoms with Gasteiger partial charge in [0.2, 0.25) is 0 Å². The van der Waals surface area contributed by atoms with E-state index in [1.165, 1.54) is 12.8 Å². The van der Waals surface area contributed by atoms with Gasteiger partial charge in [-0.1, -0.05) is 20.8 Å². The zero-order chi connectivity index (χ0) is 12.7. The first-order chi connectivity index (χ1) is 7.73. The van der Waals surface area contributed by atoms with Gasteiger partial charge in [0, 0.05) is 13.1 Å². The van der Waals surface area contributed by atoms with Gasteiger partial charge in [0.05, 0.1) is 11.5 Å². The molecule has 0 aromatic carbocycles. The summed E-state index contributed by atoms with van der Waals surface area (Å²) < 4.78 is 23.2. The van der Waals surface area contributed by atoms with Crippen LogP contribution in [-0.4, -0.2) is 33.0 Å². The lowest BCUT2D eigenvalue weighted by Gasteiger charge is -2.48. The Labute approximate surface area is 105 Å². The van der Waals surface area contributed by atoms with E-state index in [1.807, 2.05) is 0 Å². The molecular weight excluding hydrogens is 234 g/mol. The Hall–Kier alpha value is -0.0900. The van der Waals surface area contributed by atoms with Crippen molar-refractivity contribution < 1.29 is 8.42 Å². The standard InChI is InChI=1S/C13H25NO2S/c1-12(2,3)5-6-13(9-14-10-13)11-4-7-17(15,16)8-11/h11,14H,4-10H2,1-3H3. The van der Waals surface area contributed by atoms with Crippen molar-refractivity contribution in [1.29, 1.82) is 0 Å². The Kier molecular flexibility index (Phi) is 3.32. The molecule has 4 heteroatoms. The zero-order valence-corrected chi connectivity index (χ0v) is 12.1. The minimum absolute atomic E-state index is 0.275. The van der Waals surface area contributed by atoms with Crippen LogP contribution in [0.4, 0.5) is 0 Å². The van der Waals surface area contributed by atoms with Gasteiger partial charge >= 0.3 is 0 Å². The predicted molar refractivity (Wildman–Crippen MR) is 70.8 cm³/mol. The molecule has 100 valence electrons. The Morgan fingerprint density at radius 3 is 2.29 bits per heavy atom. The first-order valence-corrected chi connectivity index (χ1v) is 8.46. The smallest absolute Gasteiger partial charge is 0.150 e. The van der Waals surface area contributed by atoms with Crippen LogP contribution in [0.2, 0.25) is 0 Å². The molecule has 2 aliphatic heterocycles. The highest BCUT2D eigenvalue weighted by Crippen LogP contribution is 2.44. The fourth-order valence-electron chi connectivity index (χ4n) is 3.02. The summed E-state index contributed by atoms with van der Waals surface area (Å²) in [6.45, 7) is 8.82. The van der Waals surface area contributed by atoms with Gasteiger partial charge in [-0.05, 0) is 36.0 Å². The average Bonchev–Trinajstić information content (AvgIpc) is 2.42. The largest absolute Gasteiger partial charge is 0.316 e. The Morgan fingerprint density at radius 1 is 1.29 bits per heavy atom. The Balaban J connectivity index is 2.00. The zero-order valence-electron chi connectivity index (χ0n) is 11.3. The van der Waals surface area contributed by atoms with Crippen LogP contribution in [0.15, 0.2) is 0 Å². The van der Waals surface area contributed by atoms with E-state index in [4.69, 9.17) is 0 Å². The molecule has 0 spiro atoms. The number of rotatable bonds is 3. The van der Waals surface area contributed by atoms with Crippen molar-refractivity contribution in [2.24, 2.45) is 16.7 Å². The van der Waals surface area contributed by atoms with Gasteiger partial charge in [0.25, 0.3) is 0 Å². The molecule has 0 saturated carbocycles. The van der Waals surface area contributed by atoms with Crippen LogP contribution in [0, 0.1) is 16.7 Å². The molecule has 0 radical (unpaired) electrons. The summed E-state index contributed by atoms with van der Waals surface area (Å²) in [5, 5.41) is 3.35. The normalized spacial score (nSPS) is 31.1. The third-order valence-corrected chi connectivity index (χ3v) is 6.19. The summed E-state index contributed by atoms with van der Waals surface area (Å²) in [6.07, 6.45) is 3.24. The van der Waals surface area contributed by atoms with E-state index >= 15 is 0 Å². The van der Waals surface area contributed by atoms with E-state index in [0.29, 0.717) is 22.8 Å². The monoisotopic (exact) mass is 259 g/mol. The minimum Gasteiger partial charge on any atom is -0.316 e. The first-order valence-electron chi connectivity index (χ1n) is 6.64. The maximum atomic E-state index is 11.6. The van der Waals surface area contributed by atoms with Gasteiger partial charge in [-0.15, -0.1) is 0 Å². The highest BCUT2D eigenvalue weighted by Gasteiger charge is 2.48. The van der Waals surface area contributed by atoms with E-state index < -0.39 is 9.84 Å². The van der Waals surface area contributed by atoms with E-state index in [0.717, 1.165) is 19.5 Å². The van der Waals surface area contributed by atoms with Crippen molar-refractivity contribution >= 4 is 9.84 Å². The molecule has 2 saturated heterocycles. The molecule has 0 aliphatic carbocycles. The van der Waals surface area contributed by atoms with Crippen LogP contribution in [0.3, 0.4) is 0 Å². The molecule has 0 amide bonds. The van der Waals surface area contributed by atoms with Gasteiger partial charge in [-0.25, -0.2) is 8.42 Å². The molecule has 1 atom stereocenters. The molecule has 1 unspecified atom stereocenters. The van der Waals surface area contributed by atoms with Crippen LogP contribution < -0.4 is 5.32 Å². The molecule has 1 N–H and O–H groups in total. The molecule has 0 aromatic heterocycles.